The summed E-state index contributed by atoms with van der Waals surface area (Å²) in [4.78, 5) is 23.7. The largest absolute Gasteiger partial charge is 0.466 e. The summed E-state index contributed by atoms with van der Waals surface area (Å²) < 4.78 is 4.87. The van der Waals surface area contributed by atoms with Crippen molar-refractivity contribution in [3.63, 3.8) is 0 Å². The van der Waals surface area contributed by atoms with Crippen LogP contribution in [0.4, 0.5) is 0 Å². The summed E-state index contributed by atoms with van der Waals surface area (Å²) in [5, 5.41) is 6.22. The molecule has 1 rings (SSSR count). The lowest BCUT2D eigenvalue weighted by Crippen LogP contribution is -2.44. The second kappa shape index (κ2) is 18.0. The number of benzene rings is 1. The summed E-state index contributed by atoms with van der Waals surface area (Å²) >= 11 is 0. The van der Waals surface area contributed by atoms with Crippen LogP contribution in [0.1, 0.15) is 44.6 Å². The SMILES string of the molecule is CCOC(=O)CCCNC(=O)C(CCCCN)NCc1ccccc1.Cl.Cl. The number of nitrogens with one attached hydrogen (secondary N) is 2. The molecule has 0 aliphatic heterocycles. The molecule has 1 aromatic rings. The smallest absolute Gasteiger partial charge is 0.305 e. The average Bonchev–Trinajstić information content (AvgIpc) is 2.62. The summed E-state index contributed by atoms with van der Waals surface area (Å²) in [5.74, 6) is -0.254. The second-order valence-electron chi connectivity index (χ2n) is 5.90. The number of ether oxygens (including phenoxy) is 1. The Morgan fingerprint density at radius 2 is 1.81 bits per heavy atom. The van der Waals surface area contributed by atoms with Gasteiger partial charge in [-0.25, -0.2) is 0 Å². The van der Waals surface area contributed by atoms with Crippen molar-refractivity contribution in [2.45, 2.75) is 51.6 Å². The van der Waals surface area contributed by atoms with Crippen LogP contribution in [-0.2, 0) is 20.9 Å². The quantitative estimate of drug-likeness (QED) is 0.336. The normalized spacial score (nSPS) is 10.9. The first-order valence-corrected chi connectivity index (χ1v) is 9.08. The van der Waals surface area contributed by atoms with Gasteiger partial charge in [-0.3, -0.25) is 9.59 Å². The van der Waals surface area contributed by atoms with Crippen molar-refractivity contribution in [3.05, 3.63) is 35.9 Å². The summed E-state index contributed by atoms with van der Waals surface area (Å²) in [6, 6.07) is 9.74. The van der Waals surface area contributed by atoms with E-state index in [2.05, 4.69) is 10.6 Å². The van der Waals surface area contributed by atoms with E-state index in [1.807, 2.05) is 30.3 Å². The van der Waals surface area contributed by atoms with Gasteiger partial charge in [0, 0.05) is 19.5 Å². The van der Waals surface area contributed by atoms with E-state index in [1.54, 1.807) is 6.92 Å². The van der Waals surface area contributed by atoms with Crippen LogP contribution in [-0.4, -0.2) is 37.6 Å². The van der Waals surface area contributed by atoms with Gasteiger partial charge in [0.05, 0.1) is 12.6 Å². The van der Waals surface area contributed by atoms with Crippen molar-refractivity contribution in [2.24, 2.45) is 5.73 Å². The minimum Gasteiger partial charge on any atom is -0.466 e. The van der Waals surface area contributed by atoms with E-state index < -0.39 is 0 Å². The Hall–Kier alpha value is -1.34. The fraction of sp³-hybridized carbons (Fsp3) is 0.579. The minimum atomic E-state index is -0.255. The number of unbranched alkanes of at least 4 members (excludes halogenated alkanes) is 1. The number of nitrogens with two attached hydrogens (primary N) is 1. The Balaban J connectivity index is 0. The molecule has 1 aromatic carbocycles. The van der Waals surface area contributed by atoms with Crippen LogP contribution in [0, 0.1) is 0 Å². The van der Waals surface area contributed by atoms with Gasteiger partial charge < -0.3 is 21.1 Å². The number of carbonyl (C=O) groups excluding carboxylic acids is 2. The van der Waals surface area contributed by atoms with E-state index in [0.717, 1.165) is 24.8 Å². The van der Waals surface area contributed by atoms with Crippen molar-refractivity contribution >= 4 is 36.7 Å². The summed E-state index contributed by atoms with van der Waals surface area (Å²) in [6.45, 7) is 3.91. The molecule has 0 aromatic heterocycles. The standard InChI is InChI=1S/C19H31N3O3.2ClH/c1-2-25-18(23)12-8-14-21-19(24)17(11-6-7-13-20)22-15-16-9-4-3-5-10-16;;/h3-5,9-10,17,22H,2,6-8,11-15,20H2,1H3,(H,21,24);2*1H. The molecule has 0 heterocycles. The van der Waals surface area contributed by atoms with Gasteiger partial charge in [-0.15, -0.1) is 24.8 Å². The first-order valence-electron chi connectivity index (χ1n) is 9.08. The molecular formula is C19H33Cl2N3O3. The van der Waals surface area contributed by atoms with E-state index in [-0.39, 0.29) is 42.7 Å². The molecule has 0 bridgehead atoms. The lowest BCUT2D eigenvalue weighted by molar-refractivity contribution is -0.143. The highest BCUT2D eigenvalue weighted by atomic mass is 35.5. The third-order valence-corrected chi connectivity index (χ3v) is 3.82. The Kier molecular flexibility index (Phi) is 18.6. The molecule has 1 atom stereocenters. The summed E-state index contributed by atoms with van der Waals surface area (Å²) in [5.41, 5.74) is 6.68. The summed E-state index contributed by atoms with van der Waals surface area (Å²) in [7, 11) is 0. The van der Waals surface area contributed by atoms with Gasteiger partial charge in [-0.1, -0.05) is 36.8 Å². The van der Waals surface area contributed by atoms with Crippen molar-refractivity contribution in [2.75, 3.05) is 19.7 Å². The molecule has 0 saturated carbocycles. The molecule has 4 N–H and O–H groups in total. The van der Waals surface area contributed by atoms with Crippen LogP contribution in [0.5, 0.6) is 0 Å². The molecule has 0 fully saturated rings. The van der Waals surface area contributed by atoms with Crippen LogP contribution >= 0.6 is 24.8 Å². The molecule has 0 spiro atoms. The fourth-order valence-corrected chi connectivity index (χ4v) is 2.46. The van der Waals surface area contributed by atoms with Crippen LogP contribution in [0.25, 0.3) is 0 Å². The van der Waals surface area contributed by atoms with E-state index in [9.17, 15) is 9.59 Å². The lowest BCUT2D eigenvalue weighted by Gasteiger charge is -2.18. The maximum Gasteiger partial charge on any atom is 0.305 e. The van der Waals surface area contributed by atoms with Gasteiger partial charge in [0.15, 0.2) is 0 Å². The van der Waals surface area contributed by atoms with E-state index in [0.29, 0.717) is 39.1 Å². The number of amides is 1. The average molecular weight is 422 g/mol. The molecule has 1 unspecified atom stereocenters. The van der Waals surface area contributed by atoms with Crippen molar-refractivity contribution in [3.8, 4) is 0 Å². The third kappa shape index (κ3) is 13.5. The van der Waals surface area contributed by atoms with Crippen LogP contribution in [0.2, 0.25) is 0 Å². The van der Waals surface area contributed by atoms with E-state index in [1.165, 1.54) is 0 Å². The molecule has 6 nitrogen and oxygen atoms in total. The lowest BCUT2D eigenvalue weighted by atomic mass is 10.1. The van der Waals surface area contributed by atoms with Crippen molar-refractivity contribution in [1.29, 1.82) is 0 Å². The van der Waals surface area contributed by atoms with Crippen LogP contribution < -0.4 is 16.4 Å². The Bertz CT molecular complexity index is 504. The van der Waals surface area contributed by atoms with Gasteiger partial charge in [-0.05, 0) is 38.3 Å². The van der Waals surface area contributed by atoms with Crippen LogP contribution in [0.15, 0.2) is 30.3 Å². The highest BCUT2D eigenvalue weighted by Crippen LogP contribution is 2.04. The zero-order valence-electron chi connectivity index (χ0n) is 15.9. The number of rotatable bonds is 13. The molecule has 1 amide bonds. The maximum atomic E-state index is 12.4. The Morgan fingerprint density at radius 3 is 2.44 bits per heavy atom. The number of halogens is 2. The topological polar surface area (TPSA) is 93.5 Å². The van der Waals surface area contributed by atoms with Crippen LogP contribution in [0.3, 0.4) is 0 Å². The molecule has 8 heteroatoms. The molecule has 0 aliphatic carbocycles. The predicted octanol–water partition coefficient (Wildman–Crippen LogP) is 2.58. The number of carbonyl (C=O) groups is 2. The first-order chi connectivity index (χ1) is 12.2. The minimum absolute atomic E-state index is 0. The fourth-order valence-electron chi connectivity index (χ4n) is 2.46. The Morgan fingerprint density at radius 1 is 1.11 bits per heavy atom. The highest BCUT2D eigenvalue weighted by molar-refractivity contribution is 5.85. The monoisotopic (exact) mass is 421 g/mol. The summed E-state index contributed by atoms with van der Waals surface area (Å²) in [6.07, 6.45) is 3.45. The molecular weight excluding hydrogens is 389 g/mol. The molecule has 156 valence electrons. The number of hydrogen-bond donors (Lipinski definition) is 3. The maximum absolute atomic E-state index is 12.4. The molecule has 0 radical (unpaired) electrons. The van der Waals surface area contributed by atoms with Gasteiger partial charge in [-0.2, -0.15) is 0 Å². The molecule has 27 heavy (non-hydrogen) atoms. The third-order valence-electron chi connectivity index (χ3n) is 3.82. The predicted molar refractivity (Wildman–Crippen MR) is 113 cm³/mol. The second-order valence-corrected chi connectivity index (χ2v) is 5.90. The Labute approximate surface area is 174 Å². The van der Waals surface area contributed by atoms with E-state index in [4.69, 9.17) is 10.5 Å². The molecule has 0 saturated heterocycles. The first kappa shape index (κ1) is 27.9. The van der Waals surface area contributed by atoms with Crippen molar-refractivity contribution in [1.82, 2.24) is 10.6 Å². The zero-order chi connectivity index (χ0) is 18.3. The van der Waals surface area contributed by atoms with Gasteiger partial charge in [0.1, 0.15) is 0 Å². The van der Waals surface area contributed by atoms with Gasteiger partial charge >= 0.3 is 5.97 Å². The highest BCUT2D eigenvalue weighted by Gasteiger charge is 2.17. The van der Waals surface area contributed by atoms with Gasteiger partial charge in [0.25, 0.3) is 0 Å². The zero-order valence-corrected chi connectivity index (χ0v) is 17.6. The number of esters is 1. The molecule has 0 aliphatic rings. The van der Waals surface area contributed by atoms with Crippen molar-refractivity contribution < 1.29 is 14.3 Å². The van der Waals surface area contributed by atoms with E-state index >= 15 is 0 Å². The number of hydrogen-bond acceptors (Lipinski definition) is 5. The van der Waals surface area contributed by atoms with Gasteiger partial charge in [0.2, 0.25) is 5.91 Å².